The lowest BCUT2D eigenvalue weighted by Gasteiger charge is -2.36. The van der Waals surface area contributed by atoms with Crippen molar-refractivity contribution < 1.29 is 4.74 Å². The van der Waals surface area contributed by atoms with Gasteiger partial charge in [0.05, 0.1) is 0 Å². The molecule has 0 fully saturated rings. The lowest BCUT2D eigenvalue weighted by atomic mass is 9.74. The zero-order chi connectivity index (χ0) is 15.5. The molecule has 0 saturated carbocycles. The Balaban J connectivity index is 2.33. The van der Waals surface area contributed by atoms with Crippen molar-refractivity contribution in [2.45, 2.75) is 66.0 Å². The molecule has 0 bridgehead atoms. The summed E-state index contributed by atoms with van der Waals surface area (Å²) in [7, 11) is 0. The molecule has 2 atom stereocenters. The second kappa shape index (κ2) is 6.84. The number of hydrogen-bond donors (Lipinski definition) is 1. The Labute approximate surface area is 128 Å². The van der Waals surface area contributed by atoms with Gasteiger partial charge in [0.1, 0.15) is 6.10 Å². The second-order valence-corrected chi connectivity index (χ2v) is 6.64. The van der Waals surface area contributed by atoms with Crippen molar-refractivity contribution in [2.24, 2.45) is 5.41 Å². The minimum atomic E-state index is 0.0166. The molecule has 0 amide bonds. The minimum Gasteiger partial charge on any atom is -0.371 e. The maximum atomic E-state index is 5.75. The van der Waals surface area contributed by atoms with Gasteiger partial charge in [0.2, 0.25) is 0 Å². The molecule has 21 heavy (non-hydrogen) atoms. The third-order valence-electron chi connectivity index (χ3n) is 4.17. The molecule has 1 aromatic rings. The molecule has 1 N–H and O–H groups in total. The fraction of sp³-hybridized carbons (Fsp3) is 0.765. The van der Waals surface area contributed by atoms with Crippen LogP contribution in [-0.4, -0.2) is 23.1 Å². The summed E-state index contributed by atoms with van der Waals surface area (Å²) in [4.78, 5) is 9.44. The summed E-state index contributed by atoms with van der Waals surface area (Å²) in [6.07, 6.45) is 5.10. The van der Waals surface area contributed by atoms with Crippen LogP contribution in [0.2, 0.25) is 0 Å². The van der Waals surface area contributed by atoms with Crippen molar-refractivity contribution in [1.29, 1.82) is 0 Å². The quantitative estimate of drug-likeness (QED) is 0.870. The molecular weight excluding hydrogens is 262 g/mol. The normalized spacial score (nSPS) is 21.9. The van der Waals surface area contributed by atoms with Crippen molar-refractivity contribution in [2.75, 3.05) is 13.2 Å². The van der Waals surface area contributed by atoms with Gasteiger partial charge >= 0.3 is 0 Å². The molecule has 0 spiro atoms. The number of nitrogens with zero attached hydrogens (tertiary/aromatic N) is 2. The predicted octanol–water partition coefficient (Wildman–Crippen LogP) is 3.59. The Morgan fingerprint density at radius 2 is 2.14 bits per heavy atom. The van der Waals surface area contributed by atoms with Gasteiger partial charge in [-0.15, -0.1) is 0 Å². The van der Waals surface area contributed by atoms with Gasteiger partial charge in [0.25, 0.3) is 0 Å². The van der Waals surface area contributed by atoms with E-state index in [1.165, 1.54) is 11.3 Å². The molecule has 4 heteroatoms. The van der Waals surface area contributed by atoms with Crippen LogP contribution in [0.15, 0.2) is 6.20 Å². The zero-order valence-electron chi connectivity index (χ0n) is 14.1. The van der Waals surface area contributed by atoms with E-state index in [0.29, 0.717) is 12.6 Å². The predicted molar refractivity (Wildman–Crippen MR) is 85.2 cm³/mol. The highest BCUT2D eigenvalue weighted by molar-refractivity contribution is 5.27. The number of hydrogen-bond acceptors (Lipinski definition) is 4. The van der Waals surface area contributed by atoms with E-state index in [2.05, 4.69) is 38.0 Å². The maximum Gasteiger partial charge on any atom is 0.157 e. The second-order valence-electron chi connectivity index (χ2n) is 6.64. The first kappa shape index (κ1) is 16.4. The Morgan fingerprint density at radius 1 is 1.38 bits per heavy atom. The van der Waals surface area contributed by atoms with Gasteiger partial charge in [-0.25, -0.2) is 9.97 Å². The van der Waals surface area contributed by atoms with Crippen LogP contribution < -0.4 is 5.32 Å². The van der Waals surface area contributed by atoms with Crippen molar-refractivity contribution in [3.63, 3.8) is 0 Å². The van der Waals surface area contributed by atoms with Crippen molar-refractivity contribution in [1.82, 2.24) is 15.3 Å². The number of aromatic nitrogens is 2. The van der Waals surface area contributed by atoms with Crippen LogP contribution in [0.25, 0.3) is 0 Å². The van der Waals surface area contributed by atoms with Crippen LogP contribution in [0.5, 0.6) is 0 Å². The summed E-state index contributed by atoms with van der Waals surface area (Å²) in [6, 6.07) is 0.370. The Morgan fingerprint density at radius 3 is 2.76 bits per heavy atom. The monoisotopic (exact) mass is 291 g/mol. The largest absolute Gasteiger partial charge is 0.371 e. The van der Waals surface area contributed by atoms with E-state index in [0.717, 1.165) is 31.6 Å². The van der Waals surface area contributed by atoms with Gasteiger partial charge in [-0.3, -0.25) is 0 Å². The Bertz CT molecular complexity index is 473. The molecule has 1 aromatic heterocycles. The lowest BCUT2D eigenvalue weighted by molar-refractivity contribution is 0.0530. The van der Waals surface area contributed by atoms with Gasteiger partial charge in [0, 0.05) is 30.1 Å². The molecule has 118 valence electrons. The third-order valence-corrected chi connectivity index (χ3v) is 4.17. The van der Waals surface area contributed by atoms with Crippen LogP contribution >= 0.6 is 0 Å². The van der Waals surface area contributed by atoms with Crippen LogP contribution in [0.1, 0.15) is 76.7 Å². The summed E-state index contributed by atoms with van der Waals surface area (Å²) in [6.45, 7) is 12.6. The van der Waals surface area contributed by atoms with Gasteiger partial charge in [-0.05, 0) is 38.1 Å². The van der Waals surface area contributed by atoms with E-state index >= 15 is 0 Å². The fourth-order valence-electron chi connectivity index (χ4n) is 3.22. The van der Waals surface area contributed by atoms with Crippen molar-refractivity contribution >= 4 is 0 Å². The SMILES string of the molecule is CCNC1CC(C)(C)Cc2nc(C(CC)OCC)ncc21. The standard InChI is InChI=1S/C17H29N3O/c1-6-15(21-8-3)16-19-11-12-13(18-7-2)9-17(4,5)10-14(12)20-16/h11,13,15,18H,6-10H2,1-5H3. The highest BCUT2D eigenvalue weighted by Crippen LogP contribution is 2.40. The molecule has 2 unspecified atom stereocenters. The molecule has 0 radical (unpaired) electrons. The topological polar surface area (TPSA) is 47.0 Å². The van der Waals surface area contributed by atoms with E-state index in [4.69, 9.17) is 9.72 Å². The van der Waals surface area contributed by atoms with Crippen LogP contribution in [0.4, 0.5) is 0 Å². The molecule has 1 aliphatic rings. The van der Waals surface area contributed by atoms with Gasteiger partial charge in [-0.2, -0.15) is 0 Å². The van der Waals surface area contributed by atoms with E-state index in [-0.39, 0.29) is 11.5 Å². The molecule has 0 saturated heterocycles. The average molecular weight is 291 g/mol. The highest BCUT2D eigenvalue weighted by Gasteiger charge is 2.33. The number of ether oxygens (including phenoxy) is 1. The summed E-state index contributed by atoms with van der Waals surface area (Å²) < 4.78 is 5.75. The first-order valence-corrected chi connectivity index (χ1v) is 8.21. The summed E-state index contributed by atoms with van der Waals surface area (Å²) in [5.41, 5.74) is 2.74. The summed E-state index contributed by atoms with van der Waals surface area (Å²) >= 11 is 0. The van der Waals surface area contributed by atoms with Crippen molar-refractivity contribution in [3.8, 4) is 0 Å². The number of nitrogens with one attached hydrogen (secondary N) is 1. The van der Waals surface area contributed by atoms with E-state index < -0.39 is 0 Å². The van der Waals surface area contributed by atoms with Crippen LogP contribution in [0, 0.1) is 5.41 Å². The van der Waals surface area contributed by atoms with Crippen molar-refractivity contribution in [3.05, 3.63) is 23.3 Å². The molecule has 2 rings (SSSR count). The van der Waals surface area contributed by atoms with Gasteiger partial charge < -0.3 is 10.1 Å². The molecule has 0 aromatic carbocycles. The Kier molecular flexibility index (Phi) is 5.33. The van der Waals surface area contributed by atoms with E-state index in [1.54, 1.807) is 0 Å². The Hall–Kier alpha value is -1.00. The van der Waals surface area contributed by atoms with Crippen LogP contribution in [-0.2, 0) is 11.2 Å². The summed E-state index contributed by atoms with van der Waals surface area (Å²) in [5, 5.41) is 3.57. The lowest BCUT2D eigenvalue weighted by Crippen LogP contribution is -2.34. The molecule has 1 aliphatic carbocycles. The molecule has 0 aliphatic heterocycles. The highest BCUT2D eigenvalue weighted by atomic mass is 16.5. The first-order chi connectivity index (χ1) is 10.0. The molecular formula is C17H29N3O. The van der Waals surface area contributed by atoms with E-state index in [1.807, 2.05) is 13.1 Å². The van der Waals surface area contributed by atoms with Gasteiger partial charge in [0.15, 0.2) is 5.82 Å². The molecule has 4 nitrogen and oxygen atoms in total. The summed E-state index contributed by atoms with van der Waals surface area (Å²) in [5.74, 6) is 0.839. The van der Waals surface area contributed by atoms with E-state index in [9.17, 15) is 0 Å². The van der Waals surface area contributed by atoms with Gasteiger partial charge in [-0.1, -0.05) is 27.7 Å². The number of rotatable bonds is 6. The maximum absolute atomic E-state index is 5.75. The smallest absolute Gasteiger partial charge is 0.157 e. The minimum absolute atomic E-state index is 0.0166. The molecule has 1 heterocycles. The first-order valence-electron chi connectivity index (χ1n) is 8.21. The third kappa shape index (κ3) is 3.80. The average Bonchev–Trinajstić information content (AvgIpc) is 2.43. The number of fused-ring (bicyclic) bond motifs is 1. The zero-order valence-corrected chi connectivity index (χ0v) is 14.1. The fourth-order valence-corrected chi connectivity index (χ4v) is 3.22. The van der Waals surface area contributed by atoms with Crippen LogP contribution in [0.3, 0.4) is 0 Å².